The minimum Gasteiger partial charge on any atom is -0.310 e. The standard InChI is InChI=1S/C13H19Br2NS/c1-2-16-12(9-6-4-3-5-7-9)10-8-11(14)17-13(10)15/h8-9,12,16H,2-7H2,1H3. The van der Waals surface area contributed by atoms with Crippen molar-refractivity contribution in [2.45, 2.75) is 45.1 Å². The van der Waals surface area contributed by atoms with E-state index in [2.05, 4.69) is 50.2 Å². The number of nitrogens with one attached hydrogen (secondary N) is 1. The summed E-state index contributed by atoms with van der Waals surface area (Å²) in [6.45, 7) is 3.24. The van der Waals surface area contributed by atoms with Crippen molar-refractivity contribution >= 4 is 43.2 Å². The molecule has 1 N–H and O–H groups in total. The lowest BCUT2D eigenvalue weighted by molar-refractivity contribution is 0.274. The monoisotopic (exact) mass is 379 g/mol. The van der Waals surface area contributed by atoms with E-state index < -0.39 is 0 Å². The summed E-state index contributed by atoms with van der Waals surface area (Å²) in [5, 5.41) is 3.68. The molecular formula is C13H19Br2NS. The maximum Gasteiger partial charge on any atom is 0.0758 e. The summed E-state index contributed by atoms with van der Waals surface area (Å²) in [7, 11) is 0. The van der Waals surface area contributed by atoms with Crippen LogP contribution in [0.2, 0.25) is 0 Å². The highest BCUT2D eigenvalue weighted by Gasteiger charge is 2.26. The number of hydrogen-bond acceptors (Lipinski definition) is 2. The van der Waals surface area contributed by atoms with E-state index in [1.54, 1.807) is 11.3 Å². The zero-order valence-electron chi connectivity index (χ0n) is 10.1. The minimum absolute atomic E-state index is 0.525. The average Bonchev–Trinajstić information content (AvgIpc) is 2.66. The van der Waals surface area contributed by atoms with Gasteiger partial charge in [-0.3, -0.25) is 0 Å². The molecule has 0 aromatic carbocycles. The van der Waals surface area contributed by atoms with Crippen molar-refractivity contribution in [2.75, 3.05) is 6.54 Å². The van der Waals surface area contributed by atoms with E-state index in [-0.39, 0.29) is 0 Å². The summed E-state index contributed by atoms with van der Waals surface area (Å²) in [5.74, 6) is 0.807. The van der Waals surface area contributed by atoms with E-state index in [0.29, 0.717) is 6.04 Å². The molecule has 0 saturated heterocycles. The molecule has 2 rings (SSSR count). The number of hydrogen-bond donors (Lipinski definition) is 1. The zero-order chi connectivity index (χ0) is 12.3. The van der Waals surface area contributed by atoms with E-state index in [9.17, 15) is 0 Å². The fourth-order valence-electron chi connectivity index (χ4n) is 2.78. The molecule has 1 saturated carbocycles. The molecule has 1 unspecified atom stereocenters. The summed E-state index contributed by atoms with van der Waals surface area (Å²) < 4.78 is 2.50. The molecule has 0 radical (unpaired) electrons. The van der Waals surface area contributed by atoms with Gasteiger partial charge in [0.2, 0.25) is 0 Å². The first kappa shape index (κ1) is 14.0. The Hall–Kier alpha value is 0.620. The lowest BCUT2D eigenvalue weighted by atomic mass is 9.82. The summed E-state index contributed by atoms with van der Waals surface area (Å²) >= 11 is 9.07. The third-order valence-corrected chi connectivity index (χ3v) is 5.95. The van der Waals surface area contributed by atoms with Crippen LogP contribution in [0.15, 0.2) is 13.6 Å². The van der Waals surface area contributed by atoms with Crippen LogP contribution in [0.25, 0.3) is 0 Å². The first-order valence-corrected chi connectivity index (χ1v) is 8.80. The largest absolute Gasteiger partial charge is 0.310 e. The molecule has 0 amide bonds. The molecule has 17 heavy (non-hydrogen) atoms. The first-order valence-electron chi connectivity index (χ1n) is 6.40. The maximum atomic E-state index is 3.70. The number of halogens is 2. The van der Waals surface area contributed by atoms with Gasteiger partial charge in [-0.25, -0.2) is 0 Å². The van der Waals surface area contributed by atoms with Crippen LogP contribution in [0.5, 0.6) is 0 Å². The fourth-order valence-corrected chi connectivity index (χ4v) is 5.71. The Balaban J connectivity index is 2.18. The van der Waals surface area contributed by atoms with Crippen LogP contribution in [0.4, 0.5) is 0 Å². The quantitative estimate of drug-likeness (QED) is 0.726. The fraction of sp³-hybridized carbons (Fsp3) is 0.692. The summed E-state index contributed by atoms with van der Waals surface area (Å²) in [6.07, 6.45) is 6.96. The van der Waals surface area contributed by atoms with Crippen molar-refractivity contribution in [2.24, 2.45) is 5.92 Å². The van der Waals surface area contributed by atoms with Crippen molar-refractivity contribution in [1.82, 2.24) is 5.32 Å². The van der Waals surface area contributed by atoms with E-state index in [4.69, 9.17) is 0 Å². The summed E-state index contributed by atoms with van der Waals surface area (Å²) in [5.41, 5.74) is 1.44. The predicted octanol–water partition coefficient (Wildman–Crippen LogP) is 5.50. The van der Waals surface area contributed by atoms with Crippen LogP contribution in [-0.4, -0.2) is 6.54 Å². The smallest absolute Gasteiger partial charge is 0.0758 e. The van der Waals surface area contributed by atoms with Crippen molar-refractivity contribution < 1.29 is 0 Å². The molecule has 4 heteroatoms. The zero-order valence-corrected chi connectivity index (χ0v) is 14.1. The highest BCUT2D eigenvalue weighted by atomic mass is 79.9. The highest BCUT2D eigenvalue weighted by Crippen LogP contribution is 2.41. The van der Waals surface area contributed by atoms with Gasteiger partial charge in [0.05, 0.1) is 7.57 Å². The van der Waals surface area contributed by atoms with Crippen molar-refractivity contribution in [3.8, 4) is 0 Å². The molecule has 0 bridgehead atoms. The van der Waals surface area contributed by atoms with Crippen molar-refractivity contribution in [3.63, 3.8) is 0 Å². The van der Waals surface area contributed by atoms with E-state index in [1.165, 1.54) is 45.2 Å². The van der Waals surface area contributed by atoms with Gasteiger partial charge >= 0.3 is 0 Å². The van der Waals surface area contributed by atoms with Crippen LogP contribution in [-0.2, 0) is 0 Å². The molecule has 1 aromatic rings. The van der Waals surface area contributed by atoms with Gasteiger partial charge in [0.15, 0.2) is 0 Å². The van der Waals surface area contributed by atoms with Gasteiger partial charge in [-0.15, -0.1) is 11.3 Å². The molecule has 1 nitrogen and oxygen atoms in total. The Morgan fingerprint density at radius 1 is 1.35 bits per heavy atom. The third-order valence-electron chi connectivity index (χ3n) is 3.56. The summed E-state index contributed by atoms with van der Waals surface area (Å²) in [6, 6.07) is 2.80. The van der Waals surface area contributed by atoms with Gasteiger partial charge in [0.1, 0.15) is 0 Å². The molecule has 0 aliphatic heterocycles. The molecular weight excluding hydrogens is 362 g/mol. The average molecular weight is 381 g/mol. The Kier molecular flexibility index (Phi) is 5.52. The van der Waals surface area contributed by atoms with E-state index >= 15 is 0 Å². The minimum atomic E-state index is 0.525. The molecule has 1 aliphatic rings. The lowest BCUT2D eigenvalue weighted by Crippen LogP contribution is -2.29. The Bertz CT molecular complexity index is 358. The normalized spacial score (nSPS) is 19.5. The van der Waals surface area contributed by atoms with Crippen molar-refractivity contribution in [3.05, 3.63) is 19.2 Å². The van der Waals surface area contributed by atoms with Crippen molar-refractivity contribution in [1.29, 1.82) is 0 Å². The topological polar surface area (TPSA) is 12.0 Å². The predicted molar refractivity (Wildman–Crippen MR) is 82.7 cm³/mol. The van der Waals surface area contributed by atoms with Gasteiger partial charge in [-0.05, 0) is 68.8 Å². The van der Waals surface area contributed by atoms with Gasteiger partial charge in [-0.1, -0.05) is 26.2 Å². The van der Waals surface area contributed by atoms with Crippen LogP contribution >= 0.6 is 43.2 Å². The second kappa shape index (κ2) is 6.69. The maximum absolute atomic E-state index is 3.70. The molecule has 1 aromatic heterocycles. The first-order chi connectivity index (χ1) is 8.22. The Morgan fingerprint density at radius 2 is 2.06 bits per heavy atom. The van der Waals surface area contributed by atoms with Gasteiger partial charge in [0, 0.05) is 6.04 Å². The second-order valence-corrected chi connectivity index (χ2v) is 8.46. The van der Waals surface area contributed by atoms with Gasteiger partial charge < -0.3 is 5.32 Å². The van der Waals surface area contributed by atoms with E-state index in [0.717, 1.165) is 12.5 Å². The summed E-state index contributed by atoms with van der Waals surface area (Å²) in [4.78, 5) is 0. The number of rotatable bonds is 4. The van der Waals surface area contributed by atoms with Crippen LogP contribution in [0, 0.1) is 5.92 Å². The van der Waals surface area contributed by atoms with Gasteiger partial charge in [-0.2, -0.15) is 0 Å². The third kappa shape index (κ3) is 3.55. The number of thiophene rings is 1. The SMILES string of the molecule is CCNC(c1cc(Br)sc1Br)C1CCCCC1. The van der Waals surface area contributed by atoms with Gasteiger partial charge in [0.25, 0.3) is 0 Å². The molecule has 1 fully saturated rings. The van der Waals surface area contributed by atoms with Crippen LogP contribution < -0.4 is 5.32 Å². The van der Waals surface area contributed by atoms with Crippen LogP contribution in [0.3, 0.4) is 0 Å². The highest BCUT2D eigenvalue weighted by molar-refractivity contribution is 9.12. The lowest BCUT2D eigenvalue weighted by Gasteiger charge is -2.31. The molecule has 0 spiro atoms. The van der Waals surface area contributed by atoms with Crippen LogP contribution in [0.1, 0.15) is 50.6 Å². The molecule has 1 aliphatic carbocycles. The Morgan fingerprint density at radius 3 is 2.59 bits per heavy atom. The second-order valence-electron chi connectivity index (χ2n) is 4.71. The van der Waals surface area contributed by atoms with E-state index in [1.807, 2.05) is 0 Å². The molecule has 1 atom stereocenters. The molecule has 1 heterocycles. The molecule has 96 valence electrons. The Labute approximate surface area is 125 Å².